The van der Waals surface area contributed by atoms with E-state index in [2.05, 4.69) is 65.8 Å². The Morgan fingerprint density at radius 1 is 0.229 bits per heavy atom. The molecule has 3 rings (SSSR count). The Bertz CT molecular complexity index is 1680. The predicted molar refractivity (Wildman–Crippen MR) is 359 cm³/mol. The molecule has 0 aliphatic carbocycles. The summed E-state index contributed by atoms with van der Waals surface area (Å²) in [6, 6.07) is 8.56. The number of aromatic nitrogens is 2. The van der Waals surface area contributed by atoms with Crippen LogP contribution in [0.5, 0.6) is 34.5 Å². The van der Waals surface area contributed by atoms with E-state index in [-0.39, 0.29) is 0 Å². The lowest BCUT2D eigenvalue weighted by molar-refractivity contribution is 0.234. The van der Waals surface area contributed by atoms with E-state index in [1.807, 2.05) is 0 Å². The Morgan fingerprint density at radius 2 is 0.398 bits per heavy atom. The van der Waals surface area contributed by atoms with Crippen molar-refractivity contribution in [1.82, 2.24) is 10.2 Å². The standard InChI is InChI=1S/C74H130N2O6S/c1-7-13-19-25-31-37-43-49-55-77-67-61-65(62-68(78-56-50-44-38-32-26-20-14-8-2)71(67)81-59-53-47-41-35-29-23-17-11-5)73-75-76-74(83-73)66-63-69(79-57-51-45-39-33-27-21-15-9-3)72(82-60-54-48-42-36-30-24-18-12-6)70(64-66)80-58-52-46-40-34-28-22-16-10-4/h61-64H,7-60H2,1-6H3. The van der Waals surface area contributed by atoms with Crippen molar-refractivity contribution in [3.63, 3.8) is 0 Å². The maximum absolute atomic E-state index is 6.79. The highest BCUT2D eigenvalue weighted by Crippen LogP contribution is 2.46. The van der Waals surface area contributed by atoms with Crippen molar-refractivity contribution in [2.75, 3.05) is 39.6 Å². The minimum Gasteiger partial charge on any atom is -0.490 e. The molecule has 0 bridgehead atoms. The summed E-state index contributed by atoms with van der Waals surface area (Å²) in [4.78, 5) is 0. The Balaban J connectivity index is 2.00. The smallest absolute Gasteiger partial charge is 0.203 e. The summed E-state index contributed by atoms with van der Waals surface area (Å²) >= 11 is 1.60. The van der Waals surface area contributed by atoms with Crippen molar-refractivity contribution in [2.45, 2.75) is 350 Å². The first-order chi connectivity index (χ1) is 41.1. The quantitative estimate of drug-likeness (QED) is 0.0517. The first-order valence-corrected chi connectivity index (χ1v) is 36.9. The van der Waals surface area contributed by atoms with Crippen LogP contribution in [0, 0.1) is 0 Å². The number of hydrogen-bond acceptors (Lipinski definition) is 9. The molecule has 0 N–H and O–H groups in total. The van der Waals surface area contributed by atoms with Gasteiger partial charge in [-0.3, -0.25) is 0 Å². The first-order valence-electron chi connectivity index (χ1n) is 36.1. The molecule has 478 valence electrons. The van der Waals surface area contributed by atoms with Crippen LogP contribution in [0.25, 0.3) is 21.1 Å². The van der Waals surface area contributed by atoms with E-state index in [4.69, 9.17) is 38.6 Å². The van der Waals surface area contributed by atoms with Crippen LogP contribution in [0.15, 0.2) is 24.3 Å². The van der Waals surface area contributed by atoms with Crippen LogP contribution in [0.1, 0.15) is 350 Å². The second kappa shape index (κ2) is 54.2. The molecule has 83 heavy (non-hydrogen) atoms. The van der Waals surface area contributed by atoms with Gasteiger partial charge in [-0.25, -0.2) is 0 Å². The number of rotatable bonds is 62. The lowest BCUT2D eigenvalue weighted by Crippen LogP contribution is -2.07. The molecule has 0 saturated carbocycles. The van der Waals surface area contributed by atoms with Gasteiger partial charge in [0.25, 0.3) is 0 Å². The fourth-order valence-electron chi connectivity index (χ4n) is 11.1. The van der Waals surface area contributed by atoms with Crippen LogP contribution >= 0.6 is 11.3 Å². The first kappa shape index (κ1) is 74.1. The molecule has 9 heteroatoms. The van der Waals surface area contributed by atoms with Gasteiger partial charge in [0.1, 0.15) is 10.0 Å². The molecule has 1 aromatic heterocycles. The molecule has 8 nitrogen and oxygen atoms in total. The maximum Gasteiger partial charge on any atom is 0.203 e. The molecule has 1 heterocycles. The minimum atomic E-state index is 0.641. The second-order valence-electron chi connectivity index (χ2n) is 24.5. The van der Waals surface area contributed by atoms with Gasteiger partial charge in [0.05, 0.1) is 39.6 Å². The lowest BCUT2D eigenvalue weighted by Gasteiger charge is -2.19. The summed E-state index contributed by atoms with van der Waals surface area (Å²) in [6.45, 7) is 17.6. The number of ether oxygens (including phenoxy) is 6. The SMILES string of the molecule is CCCCCCCCCCOc1cc(-c2nnc(-c3cc(OCCCCCCCCCC)c(OCCCCCCCCCC)c(OCCCCCCCCCC)c3)s2)cc(OCCCCCCCCCC)c1OCCCCCCCCCC. The molecule has 0 atom stereocenters. The van der Waals surface area contributed by atoms with Crippen molar-refractivity contribution in [3.8, 4) is 55.6 Å². The van der Waals surface area contributed by atoms with Crippen molar-refractivity contribution in [1.29, 1.82) is 0 Å². The summed E-state index contributed by atoms with van der Waals surface area (Å²) < 4.78 is 40.7. The Labute approximate surface area is 516 Å². The van der Waals surface area contributed by atoms with Crippen LogP contribution in [0.3, 0.4) is 0 Å². The predicted octanol–water partition coefficient (Wildman–Crippen LogP) is 25.0. The molecule has 0 aliphatic heterocycles. The molecule has 0 fully saturated rings. The van der Waals surface area contributed by atoms with E-state index < -0.39 is 0 Å². The van der Waals surface area contributed by atoms with Gasteiger partial charge < -0.3 is 28.4 Å². The fraction of sp³-hybridized carbons (Fsp3) is 0.811. The zero-order valence-electron chi connectivity index (χ0n) is 55.2. The van der Waals surface area contributed by atoms with Gasteiger partial charge in [-0.05, 0) is 62.8 Å². The Morgan fingerprint density at radius 3 is 0.590 bits per heavy atom. The third kappa shape index (κ3) is 37.2. The maximum atomic E-state index is 6.79. The van der Waals surface area contributed by atoms with Crippen LogP contribution in [0.2, 0.25) is 0 Å². The molecule has 0 amide bonds. The summed E-state index contributed by atoms with van der Waals surface area (Å²) in [5, 5.41) is 11.5. The number of benzene rings is 2. The second-order valence-corrected chi connectivity index (χ2v) is 25.4. The van der Waals surface area contributed by atoms with Gasteiger partial charge >= 0.3 is 0 Å². The van der Waals surface area contributed by atoms with Gasteiger partial charge in [0, 0.05) is 11.1 Å². The van der Waals surface area contributed by atoms with E-state index in [1.54, 1.807) is 11.3 Å². The van der Waals surface area contributed by atoms with Crippen molar-refractivity contribution in [3.05, 3.63) is 24.3 Å². The monoisotopic (exact) mass is 1170 g/mol. The summed E-state index contributed by atoms with van der Waals surface area (Å²) in [7, 11) is 0. The molecule has 0 aliphatic rings. The highest BCUT2D eigenvalue weighted by molar-refractivity contribution is 7.17. The van der Waals surface area contributed by atoms with Crippen molar-refractivity contribution in [2.24, 2.45) is 0 Å². The van der Waals surface area contributed by atoms with Crippen LogP contribution in [-0.4, -0.2) is 49.8 Å². The molecule has 0 radical (unpaired) electrons. The molecule has 0 unspecified atom stereocenters. The molecule has 0 saturated heterocycles. The average Bonchev–Trinajstić information content (AvgIpc) is 4.10. The third-order valence-electron chi connectivity index (χ3n) is 16.5. The highest BCUT2D eigenvalue weighted by atomic mass is 32.1. The van der Waals surface area contributed by atoms with Crippen molar-refractivity contribution >= 4 is 11.3 Å². The van der Waals surface area contributed by atoms with E-state index >= 15 is 0 Å². The highest BCUT2D eigenvalue weighted by Gasteiger charge is 2.22. The lowest BCUT2D eigenvalue weighted by atomic mass is 10.1. The third-order valence-corrected chi connectivity index (χ3v) is 17.5. The zero-order chi connectivity index (χ0) is 59.1. The van der Waals surface area contributed by atoms with Crippen LogP contribution in [0.4, 0.5) is 0 Å². The molecule has 0 spiro atoms. The van der Waals surface area contributed by atoms with E-state index in [0.717, 1.165) is 94.2 Å². The number of unbranched alkanes of at least 4 members (excludes halogenated alkanes) is 42. The largest absolute Gasteiger partial charge is 0.490 e. The van der Waals surface area contributed by atoms with Gasteiger partial charge in [-0.2, -0.15) is 0 Å². The van der Waals surface area contributed by atoms with Gasteiger partial charge in [0.15, 0.2) is 23.0 Å². The van der Waals surface area contributed by atoms with Crippen molar-refractivity contribution < 1.29 is 28.4 Å². The summed E-state index contributed by atoms with van der Waals surface area (Å²) in [6.07, 6.45) is 60.2. The topological polar surface area (TPSA) is 81.2 Å². The van der Waals surface area contributed by atoms with Crippen LogP contribution < -0.4 is 28.4 Å². The van der Waals surface area contributed by atoms with Gasteiger partial charge in [0.2, 0.25) is 11.5 Å². The average molecular weight is 1180 g/mol. The minimum absolute atomic E-state index is 0.641. The number of nitrogens with zero attached hydrogens (tertiary/aromatic N) is 2. The van der Waals surface area contributed by atoms with E-state index in [9.17, 15) is 0 Å². The van der Waals surface area contributed by atoms with E-state index in [1.165, 1.54) is 270 Å². The van der Waals surface area contributed by atoms with Crippen LogP contribution in [-0.2, 0) is 0 Å². The molecular weight excluding hydrogens is 1040 g/mol. The molecular formula is C74H130N2O6S. The molecule has 3 aromatic rings. The normalized spacial score (nSPS) is 11.4. The summed E-state index contributed by atoms with van der Waals surface area (Å²) in [5.41, 5.74) is 1.88. The Hall–Kier alpha value is -3.20. The molecule has 2 aromatic carbocycles. The van der Waals surface area contributed by atoms with Gasteiger partial charge in [-0.15, -0.1) is 10.2 Å². The fourth-order valence-corrected chi connectivity index (χ4v) is 11.9. The summed E-state index contributed by atoms with van der Waals surface area (Å²) in [5.74, 6) is 4.47. The van der Waals surface area contributed by atoms with Gasteiger partial charge in [-0.1, -0.05) is 323 Å². The number of hydrogen-bond donors (Lipinski definition) is 0. The Kier molecular flexibility index (Phi) is 48.4. The zero-order valence-corrected chi connectivity index (χ0v) is 56.1. The van der Waals surface area contributed by atoms with E-state index in [0.29, 0.717) is 39.6 Å².